The number of fused-ring (bicyclic) bond motifs is 2. The van der Waals surface area contributed by atoms with E-state index in [0.717, 1.165) is 23.2 Å². The van der Waals surface area contributed by atoms with Gasteiger partial charge in [0, 0.05) is 35.9 Å². The van der Waals surface area contributed by atoms with Crippen LogP contribution in [0, 0.1) is 6.92 Å². The summed E-state index contributed by atoms with van der Waals surface area (Å²) >= 11 is 0. The molecule has 1 aliphatic rings. The molecule has 2 aromatic heterocycles. The second-order valence-electron chi connectivity index (χ2n) is 7.40. The Hall–Kier alpha value is -3.61. The fourth-order valence-electron chi connectivity index (χ4n) is 3.60. The molecule has 2 N–H and O–H groups in total. The Kier molecular flexibility index (Phi) is 5.27. The summed E-state index contributed by atoms with van der Waals surface area (Å²) in [6.45, 7) is 4.68. The number of H-pyrrole nitrogens is 1. The minimum atomic E-state index is -0.228. The molecule has 7 heteroatoms. The van der Waals surface area contributed by atoms with Crippen LogP contribution in [0.1, 0.15) is 29.3 Å². The maximum absolute atomic E-state index is 12.6. The van der Waals surface area contributed by atoms with E-state index >= 15 is 0 Å². The van der Waals surface area contributed by atoms with E-state index in [9.17, 15) is 9.59 Å². The number of aromatic amines is 1. The van der Waals surface area contributed by atoms with Crippen LogP contribution < -0.4 is 10.1 Å². The highest BCUT2D eigenvalue weighted by Gasteiger charge is 2.17. The lowest BCUT2D eigenvalue weighted by Crippen LogP contribution is -2.26. The highest BCUT2D eigenvalue weighted by Crippen LogP contribution is 2.27. The number of ether oxygens (including phenoxy) is 1. The lowest BCUT2D eigenvalue weighted by atomic mass is 10.1. The zero-order valence-electron chi connectivity index (χ0n) is 17.3. The summed E-state index contributed by atoms with van der Waals surface area (Å²) in [5, 5.41) is 3.85. The van der Waals surface area contributed by atoms with E-state index in [1.54, 1.807) is 30.3 Å². The molecule has 30 heavy (non-hydrogen) atoms. The predicted octanol–water partition coefficient (Wildman–Crippen LogP) is 3.44. The minimum absolute atomic E-state index is 0.0346. The van der Waals surface area contributed by atoms with E-state index in [1.807, 2.05) is 0 Å². The summed E-state index contributed by atoms with van der Waals surface area (Å²) in [5.41, 5.74) is 5.35. The van der Waals surface area contributed by atoms with Gasteiger partial charge in [0.25, 0.3) is 5.91 Å². The molecule has 4 rings (SSSR count). The van der Waals surface area contributed by atoms with Crippen LogP contribution in [0.15, 0.2) is 36.5 Å². The predicted molar refractivity (Wildman–Crippen MR) is 116 cm³/mol. The van der Waals surface area contributed by atoms with Crippen LogP contribution >= 0.6 is 0 Å². The number of rotatable bonds is 5. The summed E-state index contributed by atoms with van der Waals surface area (Å²) in [6, 6.07) is 8.06. The maximum Gasteiger partial charge on any atom is 0.263 e. The summed E-state index contributed by atoms with van der Waals surface area (Å²) in [5.74, 6) is 0.551. The second-order valence-corrected chi connectivity index (χ2v) is 7.40. The molecular formula is C23H24N4O3. The third kappa shape index (κ3) is 3.78. The Balaban J connectivity index is 1.47. The zero-order valence-corrected chi connectivity index (χ0v) is 17.3. The molecule has 7 nitrogen and oxygen atoms in total. The van der Waals surface area contributed by atoms with Crippen molar-refractivity contribution in [3.05, 3.63) is 58.9 Å². The highest BCUT2D eigenvalue weighted by atomic mass is 16.5. The molecular weight excluding hydrogens is 380 g/mol. The number of benzene rings is 1. The molecule has 0 bridgehead atoms. The fourth-order valence-corrected chi connectivity index (χ4v) is 3.60. The van der Waals surface area contributed by atoms with E-state index in [2.05, 4.69) is 47.3 Å². The third-order valence-corrected chi connectivity index (χ3v) is 5.34. The first-order valence-corrected chi connectivity index (χ1v) is 9.91. The van der Waals surface area contributed by atoms with Crippen LogP contribution in [0.25, 0.3) is 17.0 Å². The van der Waals surface area contributed by atoms with Gasteiger partial charge in [-0.3, -0.25) is 9.59 Å². The van der Waals surface area contributed by atoms with Gasteiger partial charge in [-0.1, -0.05) is 25.1 Å². The quantitative estimate of drug-likeness (QED) is 0.638. The Morgan fingerprint density at radius 1 is 1.37 bits per heavy atom. The number of carbonyl (C=O) groups is 2. The zero-order chi connectivity index (χ0) is 21.3. The molecule has 0 aliphatic carbocycles. The van der Waals surface area contributed by atoms with E-state index in [0.29, 0.717) is 18.1 Å². The summed E-state index contributed by atoms with van der Waals surface area (Å²) in [6.07, 6.45) is 5.75. The largest absolute Gasteiger partial charge is 0.480 e. The van der Waals surface area contributed by atoms with E-state index in [1.165, 1.54) is 22.6 Å². The molecule has 3 heterocycles. The first-order chi connectivity index (χ1) is 14.5. The van der Waals surface area contributed by atoms with Gasteiger partial charge in [0.2, 0.25) is 5.91 Å². The number of nitrogens with one attached hydrogen (secondary N) is 2. The maximum atomic E-state index is 12.6. The normalized spacial score (nSPS) is 13.2. The first kappa shape index (κ1) is 19.7. The Labute approximate surface area is 174 Å². The average Bonchev–Trinajstić information content (AvgIpc) is 3.07. The average molecular weight is 404 g/mol. The first-order valence-electron chi connectivity index (χ1n) is 9.91. The van der Waals surface area contributed by atoms with Gasteiger partial charge in [-0.25, -0.2) is 4.98 Å². The van der Waals surface area contributed by atoms with Crippen molar-refractivity contribution in [2.75, 3.05) is 19.0 Å². The number of aryl methyl sites for hydroxylation is 2. The van der Waals surface area contributed by atoms with Crippen LogP contribution in [0.2, 0.25) is 0 Å². The van der Waals surface area contributed by atoms with Crippen LogP contribution in [0.3, 0.4) is 0 Å². The van der Waals surface area contributed by atoms with Gasteiger partial charge in [-0.2, -0.15) is 0 Å². The van der Waals surface area contributed by atoms with Gasteiger partial charge < -0.3 is 19.9 Å². The fraction of sp³-hybridized carbons (Fsp3) is 0.261. The van der Waals surface area contributed by atoms with Gasteiger partial charge in [-0.05, 0) is 42.2 Å². The van der Waals surface area contributed by atoms with E-state index in [-0.39, 0.29) is 18.4 Å². The number of hydrogen-bond acceptors (Lipinski definition) is 4. The number of amides is 2. The van der Waals surface area contributed by atoms with Crippen LogP contribution in [0.5, 0.6) is 5.75 Å². The van der Waals surface area contributed by atoms with Gasteiger partial charge in [0.1, 0.15) is 0 Å². The van der Waals surface area contributed by atoms with Crippen LogP contribution in [0.4, 0.5) is 5.82 Å². The topological polar surface area (TPSA) is 87.3 Å². The molecule has 0 saturated carbocycles. The summed E-state index contributed by atoms with van der Waals surface area (Å²) < 4.78 is 5.36. The van der Waals surface area contributed by atoms with Crippen molar-refractivity contribution in [1.82, 2.24) is 14.9 Å². The summed E-state index contributed by atoms with van der Waals surface area (Å²) in [4.78, 5) is 33.3. The lowest BCUT2D eigenvalue weighted by molar-refractivity contribution is -0.125. The molecule has 2 amide bonds. The standard InChI is InChI=1S/C23H24N4O3/c1-4-16-6-5-7-17-14(2)18(25-22(16)17)12-27(3)21(29)9-8-15-10-19-23(24-11-15)26-20(28)13-30-19/h5-11,25H,4,12-13H2,1-3H3,(H,24,26,28). The number of anilines is 1. The molecule has 3 aromatic rings. The van der Waals surface area contributed by atoms with Crippen molar-refractivity contribution in [1.29, 1.82) is 0 Å². The number of nitrogens with zero attached hydrogens (tertiary/aromatic N) is 2. The molecule has 0 unspecified atom stereocenters. The number of carbonyl (C=O) groups excluding carboxylic acids is 2. The van der Waals surface area contributed by atoms with Crippen molar-refractivity contribution in [2.45, 2.75) is 26.8 Å². The highest BCUT2D eigenvalue weighted by molar-refractivity contribution is 5.95. The van der Waals surface area contributed by atoms with E-state index < -0.39 is 0 Å². The van der Waals surface area contributed by atoms with Crippen molar-refractivity contribution in [3.8, 4) is 5.75 Å². The minimum Gasteiger partial charge on any atom is -0.480 e. The molecule has 154 valence electrons. The number of likely N-dealkylation sites (N-methyl/N-ethyl adjacent to an activating group) is 1. The number of hydrogen-bond donors (Lipinski definition) is 2. The van der Waals surface area contributed by atoms with Gasteiger partial charge >= 0.3 is 0 Å². The number of aromatic nitrogens is 2. The SMILES string of the molecule is CCc1cccc2c(C)c(CN(C)C(=O)C=Cc3cnc4c(c3)OCC(=O)N4)[nH]c12. The monoisotopic (exact) mass is 404 g/mol. The Morgan fingerprint density at radius 2 is 2.20 bits per heavy atom. The molecule has 0 saturated heterocycles. The van der Waals surface area contributed by atoms with E-state index in [4.69, 9.17) is 4.74 Å². The van der Waals surface area contributed by atoms with Crippen LogP contribution in [-0.2, 0) is 22.6 Å². The Bertz CT molecular complexity index is 1160. The van der Waals surface area contributed by atoms with Crippen molar-refractivity contribution < 1.29 is 14.3 Å². The summed E-state index contributed by atoms with van der Waals surface area (Å²) in [7, 11) is 1.78. The molecule has 1 aromatic carbocycles. The second kappa shape index (κ2) is 8.02. The number of para-hydroxylation sites is 1. The molecule has 0 atom stereocenters. The van der Waals surface area contributed by atoms with Gasteiger partial charge in [-0.15, -0.1) is 0 Å². The number of pyridine rings is 1. The third-order valence-electron chi connectivity index (χ3n) is 5.34. The van der Waals surface area contributed by atoms with Crippen molar-refractivity contribution in [3.63, 3.8) is 0 Å². The van der Waals surface area contributed by atoms with Gasteiger partial charge in [0.15, 0.2) is 18.2 Å². The molecule has 0 radical (unpaired) electrons. The van der Waals surface area contributed by atoms with Crippen LogP contribution in [-0.4, -0.2) is 40.3 Å². The molecule has 0 fully saturated rings. The lowest BCUT2D eigenvalue weighted by Gasteiger charge is -2.17. The van der Waals surface area contributed by atoms with Crippen molar-refractivity contribution >= 4 is 34.6 Å². The molecule has 0 spiro atoms. The molecule has 1 aliphatic heterocycles. The smallest absolute Gasteiger partial charge is 0.263 e. The van der Waals surface area contributed by atoms with Gasteiger partial charge in [0.05, 0.1) is 6.54 Å². The van der Waals surface area contributed by atoms with Crippen molar-refractivity contribution in [2.24, 2.45) is 0 Å². The Morgan fingerprint density at radius 3 is 3.00 bits per heavy atom.